The molecule has 2 heterocycles. The van der Waals surface area contributed by atoms with E-state index in [0.717, 1.165) is 22.5 Å². The number of nitrogens with one attached hydrogen (secondary N) is 1. The molecule has 1 N–H and O–H groups in total. The summed E-state index contributed by atoms with van der Waals surface area (Å²) < 4.78 is 13.0. The summed E-state index contributed by atoms with van der Waals surface area (Å²) in [7, 11) is 0. The molecule has 19 heavy (non-hydrogen) atoms. The monoisotopic (exact) mass is 254 g/mol. The van der Waals surface area contributed by atoms with Crippen LogP contribution < -0.4 is 0 Å². The highest BCUT2D eigenvalue weighted by molar-refractivity contribution is 5.78. The highest BCUT2D eigenvalue weighted by Gasteiger charge is 2.11. The summed E-state index contributed by atoms with van der Waals surface area (Å²) >= 11 is 0. The minimum absolute atomic E-state index is 0.261. The van der Waals surface area contributed by atoms with Crippen LogP contribution in [0.3, 0.4) is 0 Å². The zero-order valence-electron chi connectivity index (χ0n) is 10.3. The number of hydrogen-bond donors (Lipinski definition) is 1. The van der Waals surface area contributed by atoms with Gasteiger partial charge < -0.3 is 0 Å². The summed E-state index contributed by atoms with van der Waals surface area (Å²) in [6, 6.07) is 8.09. The molecular weight excluding hydrogens is 243 g/mol. The van der Waals surface area contributed by atoms with E-state index in [1.807, 2.05) is 13.0 Å². The molecule has 3 rings (SSSR count). The van der Waals surface area contributed by atoms with E-state index in [4.69, 9.17) is 0 Å². The van der Waals surface area contributed by atoms with Gasteiger partial charge in [0.25, 0.3) is 0 Å². The van der Waals surface area contributed by atoms with Crippen LogP contribution in [-0.4, -0.2) is 20.2 Å². The SMILES string of the molecule is Cc1nccc(-c2cn[nH]c2-c2ccc(F)cc2)n1. The van der Waals surface area contributed by atoms with Crippen LogP contribution in [0.2, 0.25) is 0 Å². The van der Waals surface area contributed by atoms with Crippen molar-refractivity contribution in [3.05, 3.63) is 54.4 Å². The number of hydrogen-bond acceptors (Lipinski definition) is 3. The summed E-state index contributed by atoms with van der Waals surface area (Å²) in [5, 5.41) is 6.97. The first-order valence-electron chi connectivity index (χ1n) is 5.83. The van der Waals surface area contributed by atoms with E-state index < -0.39 is 0 Å². The van der Waals surface area contributed by atoms with E-state index in [2.05, 4.69) is 20.2 Å². The van der Waals surface area contributed by atoms with Gasteiger partial charge in [0.2, 0.25) is 0 Å². The van der Waals surface area contributed by atoms with Crippen molar-refractivity contribution in [3.8, 4) is 22.5 Å². The molecule has 0 saturated carbocycles. The third-order valence-corrected chi connectivity index (χ3v) is 2.82. The fraction of sp³-hybridized carbons (Fsp3) is 0.0714. The van der Waals surface area contributed by atoms with E-state index in [-0.39, 0.29) is 5.82 Å². The minimum Gasteiger partial charge on any atom is -0.277 e. The van der Waals surface area contributed by atoms with Crippen molar-refractivity contribution >= 4 is 0 Å². The van der Waals surface area contributed by atoms with Crippen molar-refractivity contribution in [3.63, 3.8) is 0 Å². The van der Waals surface area contributed by atoms with Crippen molar-refractivity contribution in [1.29, 1.82) is 0 Å². The molecule has 0 aliphatic carbocycles. The van der Waals surface area contributed by atoms with Gasteiger partial charge in [0.1, 0.15) is 11.6 Å². The van der Waals surface area contributed by atoms with E-state index in [1.54, 1.807) is 24.5 Å². The molecule has 0 bridgehead atoms. The first kappa shape index (κ1) is 11.5. The number of aryl methyl sites for hydroxylation is 1. The van der Waals surface area contributed by atoms with Crippen LogP contribution in [0, 0.1) is 12.7 Å². The summed E-state index contributed by atoms with van der Waals surface area (Å²) in [5.41, 5.74) is 3.35. The maximum Gasteiger partial charge on any atom is 0.125 e. The Bertz CT molecular complexity index is 703. The van der Waals surface area contributed by atoms with Crippen LogP contribution in [-0.2, 0) is 0 Å². The molecule has 0 amide bonds. The fourth-order valence-electron chi connectivity index (χ4n) is 1.92. The Hall–Kier alpha value is -2.56. The zero-order valence-corrected chi connectivity index (χ0v) is 10.3. The third kappa shape index (κ3) is 2.22. The van der Waals surface area contributed by atoms with E-state index in [0.29, 0.717) is 5.82 Å². The normalized spacial score (nSPS) is 10.6. The van der Waals surface area contributed by atoms with Crippen molar-refractivity contribution in [2.24, 2.45) is 0 Å². The Morgan fingerprint density at radius 1 is 1.11 bits per heavy atom. The molecule has 5 heteroatoms. The number of H-pyrrole nitrogens is 1. The van der Waals surface area contributed by atoms with Crippen molar-refractivity contribution in [2.75, 3.05) is 0 Å². The van der Waals surface area contributed by atoms with Crippen molar-refractivity contribution in [1.82, 2.24) is 20.2 Å². The van der Waals surface area contributed by atoms with E-state index in [9.17, 15) is 4.39 Å². The van der Waals surface area contributed by atoms with Gasteiger partial charge in [-0.05, 0) is 37.3 Å². The molecule has 2 aromatic heterocycles. The Morgan fingerprint density at radius 3 is 2.63 bits per heavy atom. The number of aromatic nitrogens is 4. The van der Waals surface area contributed by atoms with E-state index >= 15 is 0 Å². The summed E-state index contributed by atoms with van der Waals surface area (Å²) in [5.74, 6) is 0.437. The van der Waals surface area contributed by atoms with E-state index in [1.165, 1.54) is 12.1 Å². The second kappa shape index (κ2) is 4.61. The quantitative estimate of drug-likeness (QED) is 0.764. The number of halogens is 1. The molecular formula is C14H11FN4. The Kier molecular flexibility index (Phi) is 2.79. The first-order chi connectivity index (χ1) is 9.24. The number of rotatable bonds is 2. The lowest BCUT2D eigenvalue weighted by Gasteiger charge is -2.03. The predicted octanol–water partition coefficient (Wildman–Crippen LogP) is 2.98. The van der Waals surface area contributed by atoms with Crippen LogP contribution in [0.25, 0.3) is 22.5 Å². The van der Waals surface area contributed by atoms with Crippen LogP contribution >= 0.6 is 0 Å². The molecule has 0 aliphatic heterocycles. The maximum absolute atomic E-state index is 13.0. The van der Waals surface area contributed by atoms with Crippen LogP contribution in [0.4, 0.5) is 4.39 Å². The molecule has 0 unspecified atom stereocenters. The van der Waals surface area contributed by atoms with Gasteiger partial charge in [0.15, 0.2) is 0 Å². The third-order valence-electron chi connectivity index (χ3n) is 2.82. The first-order valence-corrected chi connectivity index (χ1v) is 5.83. The summed E-state index contributed by atoms with van der Waals surface area (Å²) in [6.45, 7) is 1.83. The lowest BCUT2D eigenvalue weighted by atomic mass is 10.1. The van der Waals surface area contributed by atoms with Crippen LogP contribution in [0.1, 0.15) is 5.82 Å². The molecule has 3 aromatic rings. The van der Waals surface area contributed by atoms with Crippen molar-refractivity contribution < 1.29 is 4.39 Å². The standard InChI is InChI=1S/C14H11FN4/c1-9-16-7-6-13(18-9)12-8-17-19-14(12)10-2-4-11(15)5-3-10/h2-8H,1H3,(H,17,19). The van der Waals surface area contributed by atoms with Gasteiger partial charge in [0, 0.05) is 17.3 Å². The van der Waals surface area contributed by atoms with Crippen molar-refractivity contribution in [2.45, 2.75) is 6.92 Å². The average Bonchev–Trinajstić information content (AvgIpc) is 2.89. The molecule has 0 aliphatic rings. The van der Waals surface area contributed by atoms with Gasteiger partial charge in [-0.15, -0.1) is 0 Å². The highest BCUT2D eigenvalue weighted by Crippen LogP contribution is 2.28. The summed E-state index contributed by atoms with van der Waals surface area (Å²) in [4.78, 5) is 8.45. The highest BCUT2D eigenvalue weighted by atomic mass is 19.1. The van der Waals surface area contributed by atoms with Gasteiger partial charge in [0.05, 0.1) is 17.6 Å². The van der Waals surface area contributed by atoms with Gasteiger partial charge in [-0.1, -0.05) is 0 Å². The van der Waals surface area contributed by atoms with Gasteiger partial charge in [-0.3, -0.25) is 5.10 Å². The second-order valence-electron chi connectivity index (χ2n) is 4.15. The smallest absolute Gasteiger partial charge is 0.125 e. The molecule has 94 valence electrons. The van der Waals surface area contributed by atoms with Gasteiger partial charge in [-0.25, -0.2) is 14.4 Å². The topological polar surface area (TPSA) is 54.5 Å². The number of aromatic amines is 1. The van der Waals surface area contributed by atoms with Gasteiger partial charge in [-0.2, -0.15) is 5.10 Å². The number of benzene rings is 1. The Balaban J connectivity index is 2.10. The summed E-state index contributed by atoms with van der Waals surface area (Å²) in [6.07, 6.45) is 3.42. The maximum atomic E-state index is 13.0. The predicted molar refractivity (Wildman–Crippen MR) is 69.7 cm³/mol. The molecule has 4 nitrogen and oxygen atoms in total. The molecule has 0 atom stereocenters. The lowest BCUT2D eigenvalue weighted by Crippen LogP contribution is -1.90. The number of nitrogens with zero attached hydrogens (tertiary/aromatic N) is 3. The second-order valence-corrected chi connectivity index (χ2v) is 4.15. The zero-order chi connectivity index (χ0) is 13.2. The fourth-order valence-corrected chi connectivity index (χ4v) is 1.92. The molecule has 0 saturated heterocycles. The van der Waals surface area contributed by atoms with Crippen LogP contribution in [0.15, 0.2) is 42.7 Å². The molecule has 0 spiro atoms. The average molecular weight is 254 g/mol. The lowest BCUT2D eigenvalue weighted by molar-refractivity contribution is 0.628. The van der Waals surface area contributed by atoms with Crippen LogP contribution in [0.5, 0.6) is 0 Å². The molecule has 0 radical (unpaired) electrons. The Morgan fingerprint density at radius 2 is 1.89 bits per heavy atom. The minimum atomic E-state index is -0.261. The largest absolute Gasteiger partial charge is 0.277 e. The Labute approximate surface area is 109 Å². The molecule has 1 aromatic carbocycles. The van der Waals surface area contributed by atoms with Gasteiger partial charge >= 0.3 is 0 Å². The molecule has 0 fully saturated rings.